The van der Waals surface area contributed by atoms with E-state index >= 15 is 0 Å². The van der Waals surface area contributed by atoms with Crippen molar-refractivity contribution in [2.75, 3.05) is 0 Å². The van der Waals surface area contributed by atoms with Gasteiger partial charge in [0, 0.05) is 7.92 Å². The normalized spacial score (nSPS) is 11.6. The van der Waals surface area contributed by atoms with Crippen molar-refractivity contribution in [3.63, 3.8) is 0 Å². The second-order valence-electron chi connectivity index (χ2n) is 3.87. The Hall–Kier alpha value is 0.940. The zero-order valence-corrected chi connectivity index (χ0v) is 20.5. The summed E-state index contributed by atoms with van der Waals surface area (Å²) in [6.45, 7) is 0. The first kappa shape index (κ1) is 17.8. The minimum Gasteiger partial charge on any atom is -0.270 e. The van der Waals surface area contributed by atoms with Gasteiger partial charge in [-0.15, -0.1) is 0 Å². The van der Waals surface area contributed by atoms with Gasteiger partial charge in [-0.25, -0.2) is 0 Å². The van der Waals surface area contributed by atoms with Crippen LogP contribution in [0.3, 0.4) is 0 Å². The maximum atomic E-state index is 4.21. The lowest BCUT2D eigenvalue weighted by Crippen LogP contribution is -2.23. The monoisotopic (exact) mass is 700 g/mol. The number of H-pyrrole nitrogens is 3. The highest BCUT2D eigenvalue weighted by molar-refractivity contribution is 9.12. The van der Waals surface area contributed by atoms with Crippen molar-refractivity contribution in [2.24, 2.45) is 0 Å². The van der Waals surface area contributed by atoms with Gasteiger partial charge in [0.15, 0.2) is 0 Å². The Balaban J connectivity index is 2.34. The van der Waals surface area contributed by atoms with Crippen LogP contribution in [0.4, 0.5) is 0 Å². The van der Waals surface area contributed by atoms with Crippen molar-refractivity contribution in [3.05, 3.63) is 27.6 Å². The lowest BCUT2D eigenvalue weighted by Gasteiger charge is -2.17. The molecule has 0 saturated heterocycles. The zero-order chi connectivity index (χ0) is 16.0. The van der Waals surface area contributed by atoms with Crippen LogP contribution >= 0.6 is 104 Å². The highest BCUT2D eigenvalue weighted by Gasteiger charge is 2.33. The summed E-state index contributed by atoms with van der Waals surface area (Å²) in [5, 5.41) is 24.4. The van der Waals surface area contributed by atoms with Crippen molar-refractivity contribution in [3.8, 4) is 0 Å². The van der Waals surface area contributed by atoms with E-state index < -0.39 is 7.92 Å². The van der Waals surface area contributed by atoms with Crippen LogP contribution in [-0.4, -0.2) is 30.6 Å². The van der Waals surface area contributed by atoms with E-state index in [4.69, 9.17) is 0 Å². The van der Waals surface area contributed by atoms with Crippen LogP contribution in [-0.2, 0) is 0 Å². The van der Waals surface area contributed by atoms with E-state index in [9.17, 15) is 0 Å². The molecule has 0 bridgehead atoms. The lowest BCUT2D eigenvalue weighted by molar-refractivity contribution is 1.05. The van der Waals surface area contributed by atoms with Gasteiger partial charge in [-0.1, -0.05) is 0 Å². The summed E-state index contributed by atoms with van der Waals surface area (Å²) in [5.41, 5.74) is 0. The lowest BCUT2D eigenvalue weighted by atomic mass is 10.7. The average Bonchev–Trinajstić information content (AvgIpc) is 3.08. The molecule has 13 heteroatoms. The molecule has 0 aliphatic carbocycles. The highest BCUT2D eigenvalue weighted by atomic mass is 79.9. The van der Waals surface area contributed by atoms with Gasteiger partial charge in [-0.2, -0.15) is 15.3 Å². The fourth-order valence-corrected chi connectivity index (χ4v) is 9.58. The Kier molecular flexibility index (Phi) is 5.69. The summed E-state index contributed by atoms with van der Waals surface area (Å²) in [4.78, 5) is 0. The van der Waals surface area contributed by atoms with Crippen LogP contribution in [0.15, 0.2) is 27.6 Å². The number of hydrogen-bond donors (Lipinski definition) is 3. The molecule has 3 aromatic rings. The predicted molar refractivity (Wildman–Crippen MR) is 108 cm³/mol. The van der Waals surface area contributed by atoms with E-state index in [1.54, 1.807) is 0 Å². The number of hydrogen-bond acceptors (Lipinski definition) is 3. The quantitative estimate of drug-likeness (QED) is 0.358. The molecule has 0 unspecified atom stereocenters. The molecule has 0 saturated carbocycles. The van der Waals surface area contributed by atoms with E-state index in [-0.39, 0.29) is 0 Å². The highest BCUT2D eigenvalue weighted by Crippen LogP contribution is 2.44. The number of nitrogens with one attached hydrogen (secondary N) is 3. The average molecular weight is 706 g/mol. The fraction of sp³-hybridized carbons (Fsp3) is 0. The van der Waals surface area contributed by atoms with Gasteiger partial charge in [0.25, 0.3) is 0 Å². The molecule has 6 nitrogen and oxygen atoms in total. The minimum absolute atomic E-state index is 0.727. The van der Waals surface area contributed by atoms with E-state index in [2.05, 4.69) is 126 Å². The van der Waals surface area contributed by atoms with Crippen LogP contribution < -0.4 is 15.9 Å². The first-order valence-electron chi connectivity index (χ1n) is 5.40. The van der Waals surface area contributed by atoms with Crippen molar-refractivity contribution < 1.29 is 0 Å². The van der Waals surface area contributed by atoms with E-state index in [1.807, 2.05) is 0 Å². The molecule has 0 radical (unpaired) electrons. The van der Waals surface area contributed by atoms with Gasteiger partial charge < -0.3 is 0 Å². The van der Waals surface area contributed by atoms with Crippen molar-refractivity contribution in [1.82, 2.24) is 30.6 Å². The zero-order valence-electron chi connectivity index (χ0n) is 10.1. The van der Waals surface area contributed by atoms with Crippen LogP contribution in [0.5, 0.6) is 0 Å². The van der Waals surface area contributed by atoms with Crippen LogP contribution in [0, 0.1) is 0 Å². The van der Waals surface area contributed by atoms with Crippen LogP contribution in [0.2, 0.25) is 0 Å². The summed E-state index contributed by atoms with van der Waals surface area (Å²) in [6.07, 6.45) is 0. The number of halogens is 6. The SMILES string of the molecule is Brc1n[nH]c(Br)c1P(c1c(Br)n[nH]c1Br)c1c(Br)n[nH]c1Br. The van der Waals surface area contributed by atoms with Gasteiger partial charge in [0.1, 0.15) is 27.6 Å². The summed E-state index contributed by atoms with van der Waals surface area (Å²) in [5.74, 6) is 0. The summed E-state index contributed by atoms with van der Waals surface area (Å²) in [7, 11) is -1.02. The Morgan fingerprint density at radius 2 is 0.818 bits per heavy atom. The third-order valence-electron chi connectivity index (χ3n) is 2.64. The third-order valence-corrected chi connectivity index (χ3v) is 10.6. The first-order valence-corrected chi connectivity index (χ1v) is 11.5. The molecule has 22 heavy (non-hydrogen) atoms. The van der Waals surface area contributed by atoms with Gasteiger partial charge in [0.2, 0.25) is 0 Å². The number of rotatable bonds is 3. The maximum absolute atomic E-state index is 4.21. The second-order valence-corrected chi connectivity index (χ2v) is 10.5. The molecule has 3 aromatic heterocycles. The first-order chi connectivity index (χ1) is 10.4. The Bertz CT molecular complexity index is 671. The molecule has 0 spiro atoms. The molecule has 0 fully saturated rings. The van der Waals surface area contributed by atoms with Gasteiger partial charge >= 0.3 is 0 Å². The summed E-state index contributed by atoms with van der Waals surface area (Å²) < 4.78 is 4.57. The van der Waals surface area contributed by atoms with Gasteiger partial charge in [0.05, 0.1) is 15.9 Å². The molecule has 3 heterocycles. The molecule has 0 aromatic carbocycles. The Morgan fingerprint density at radius 3 is 1.00 bits per heavy atom. The molecule has 3 rings (SSSR count). The standard InChI is InChI=1S/C9H3Br6N6P/c10-4-1(5(11)17-16-4)22(2-6(12)18-19-7(2)13)3-8(14)20-21-9(3)15/h(H,16,17)(H,18,19)(H,20,21). The molecule has 0 aliphatic heterocycles. The second kappa shape index (κ2) is 7.05. The largest absolute Gasteiger partial charge is 0.270 e. The Morgan fingerprint density at radius 1 is 0.545 bits per heavy atom. The van der Waals surface area contributed by atoms with Crippen LogP contribution in [0.25, 0.3) is 0 Å². The van der Waals surface area contributed by atoms with Crippen LogP contribution in [0.1, 0.15) is 0 Å². The van der Waals surface area contributed by atoms with Gasteiger partial charge in [-0.3, -0.25) is 15.3 Å². The summed E-state index contributed by atoms with van der Waals surface area (Å²) >= 11 is 21.1. The number of nitrogens with zero attached hydrogens (tertiary/aromatic N) is 3. The van der Waals surface area contributed by atoms with E-state index in [0.29, 0.717) is 0 Å². The topological polar surface area (TPSA) is 86.0 Å². The smallest absolute Gasteiger partial charge is 0.137 e. The van der Waals surface area contributed by atoms with Crippen molar-refractivity contribution in [1.29, 1.82) is 0 Å². The molecular formula is C9H3Br6N6P. The molecule has 0 aliphatic rings. The molecule has 3 N–H and O–H groups in total. The minimum atomic E-state index is -1.02. The van der Waals surface area contributed by atoms with E-state index in [1.165, 1.54) is 0 Å². The molecule has 0 amide bonds. The van der Waals surface area contributed by atoms with Gasteiger partial charge in [-0.05, 0) is 95.6 Å². The molecular weight excluding hydrogens is 703 g/mol. The third kappa shape index (κ3) is 3.09. The van der Waals surface area contributed by atoms with Crippen molar-refractivity contribution in [2.45, 2.75) is 0 Å². The number of aromatic amines is 3. The Labute approximate surface area is 175 Å². The summed E-state index contributed by atoms with van der Waals surface area (Å²) in [6, 6.07) is 0. The molecule has 0 atom stereocenters. The predicted octanol–water partition coefficient (Wildman–Crippen LogP) is 4.19. The molecule has 116 valence electrons. The maximum Gasteiger partial charge on any atom is 0.137 e. The number of aromatic nitrogens is 6. The van der Waals surface area contributed by atoms with E-state index in [0.717, 1.165) is 43.5 Å². The fourth-order valence-electron chi connectivity index (χ4n) is 1.79. The van der Waals surface area contributed by atoms with Crippen molar-refractivity contribution >= 4 is 119 Å².